The topological polar surface area (TPSA) is 0 Å². The quantitative estimate of drug-likeness (QED) is 0.721. The molecule has 0 nitrogen and oxygen atoms in total. The average Bonchev–Trinajstić information content (AvgIpc) is 2.39. The molecule has 0 aliphatic rings. The average molecular weight is 244 g/mol. The van der Waals surface area contributed by atoms with Gasteiger partial charge in [0.05, 0.1) is 0 Å². The molecular formula is C16H21P. The molecule has 0 saturated carbocycles. The van der Waals surface area contributed by atoms with Crippen LogP contribution in [0.2, 0.25) is 0 Å². The first-order chi connectivity index (χ1) is 8.18. The fourth-order valence-electron chi connectivity index (χ4n) is 2.14. The molecule has 17 heavy (non-hydrogen) atoms. The molecule has 0 amide bonds. The maximum atomic E-state index is 2.46. The van der Waals surface area contributed by atoms with Gasteiger partial charge in [0.2, 0.25) is 0 Å². The predicted molar refractivity (Wildman–Crippen MR) is 81.3 cm³/mol. The van der Waals surface area contributed by atoms with E-state index in [0.29, 0.717) is 0 Å². The van der Waals surface area contributed by atoms with Crippen LogP contribution in [0.25, 0.3) is 0 Å². The van der Waals surface area contributed by atoms with Gasteiger partial charge in [0.1, 0.15) is 0 Å². The summed E-state index contributed by atoms with van der Waals surface area (Å²) in [6, 6.07) is 21.8. The fraction of sp³-hybridized carbons (Fsp3) is 0.250. The Balaban J connectivity index is 2.03. The molecule has 0 radical (unpaired) electrons. The molecule has 0 atom stereocenters. The van der Waals surface area contributed by atoms with Gasteiger partial charge in [-0.15, -0.1) is 0 Å². The SMILES string of the molecule is C[PH](C)(CCc1ccccc1)c1ccccc1. The normalized spacial score (nSPS) is 12.4. The van der Waals surface area contributed by atoms with Crippen LogP contribution in [0.1, 0.15) is 5.56 Å². The van der Waals surface area contributed by atoms with E-state index in [-0.39, 0.29) is 0 Å². The summed E-state index contributed by atoms with van der Waals surface area (Å²) in [6.07, 6.45) is 2.52. The van der Waals surface area contributed by atoms with Crippen molar-refractivity contribution >= 4 is 12.6 Å². The molecule has 1 heteroatoms. The Labute approximate surface area is 105 Å². The van der Waals surface area contributed by atoms with Gasteiger partial charge >= 0.3 is 105 Å². The number of aryl methyl sites for hydroxylation is 1. The monoisotopic (exact) mass is 244 g/mol. The van der Waals surface area contributed by atoms with Crippen LogP contribution in [0.5, 0.6) is 0 Å². The van der Waals surface area contributed by atoms with Crippen LogP contribution < -0.4 is 5.30 Å². The Morgan fingerprint density at radius 2 is 1.29 bits per heavy atom. The standard InChI is InChI=1S/C16H21P/c1-17(2,16-11-7-4-8-12-16)14-13-15-9-5-3-6-10-15/h3-12,17H,13-14H2,1-2H3. The number of hydrogen-bond donors (Lipinski definition) is 0. The minimum atomic E-state index is -1.26. The van der Waals surface area contributed by atoms with E-state index in [1.807, 2.05) is 0 Å². The van der Waals surface area contributed by atoms with E-state index in [1.54, 1.807) is 5.30 Å². The zero-order valence-electron chi connectivity index (χ0n) is 10.7. The summed E-state index contributed by atoms with van der Waals surface area (Å²) in [7, 11) is -1.26. The van der Waals surface area contributed by atoms with Gasteiger partial charge < -0.3 is 0 Å². The van der Waals surface area contributed by atoms with Gasteiger partial charge in [0, 0.05) is 0 Å². The molecule has 90 valence electrons. The zero-order valence-corrected chi connectivity index (χ0v) is 11.7. The Morgan fingerprint density at radius 3 is 1.88 bits per heavy atom. The van der Waals surface area contributed by atoms with Gasteiger partial charge in [-0.25, -0.2) is 0 Å². The molecule has 0 N–H and O–H groups in total. The molecule has 0 saturated heterocycles. The Bertz CT molecular complexity index is 445. The van der Waals surface area contributed by atoms with E-state index in [4.69, 9.17) is 0 Å². The Morgan fingerprint density at radius 1 is 0.765 bits per heavy atom. The molecule has 2 rings (SSSR count). The molecule has 2 aromatic carbocycles. The van der Waals surface area contributed by atoms with Crippen LogP contribution in [-0.4, -0.2) is 19.5 Å². The van der Waals surface area contributed by atoms with Crippen LogP contribution in [-0.2, 0) is 6.42 Å². The van der Waals surface area contributed by atoms with Gasteiger partial charge in [-0.3, -0.25) is 0 Å². The van der Waals surface area contributed by atoms with Crippen molar-refractivity contribution < 1.29 is 0 Å². The van der Waals surface area contributed by atoms with E-state index in [1.165, 1.54) is 18.1 Å². The Kier molecular flexibility index (Phi) is 3.97. The van der Waals surface area contributed by atoms with E-state index in [9.17, 15) is 0 Å². The van der Waals surface area contributed by atoms with Crippen molar-refractivity contribution in [3.05, 3.63) is 66.2 Å². The first-order valence-corrected chi connectivity index (χ1v) is 9.49. The zero-order chi connectivity index (χ0) is 12.1. The third-order valence-corrected chi connectivity index (χ3v) is 6.83. The summed E-state index contributed by atoms with van der Waals surface area (Å²) < 4.78 is 0. The summed E-state index contributed by atoms with van der Waals surface area (Å²) >= 11 is 0. The third-order valence-electron chi connectivity index (χ3n) is 3.44. The van der Waals surface area contributed by atoms with Crippen molar-refractivity contribution in [1.29, 1.82) is 0 Å². The first-order valence-electron chi connectivity index (χ1n) is 6.28. The predicted octanol–water partition coefficient (Wildman–Crippen LogP) is 3.56. The van der Waals surface area contributed by atoms with Crippen LogP contribution in [0.3, 0.4) is 0 Å². The molecule has 2 aromatic rings. The maximum absolute atomic E-state index is 2.46. The van der Waals surface area contributed by atoms with Gasteiger partial charge in [0.15, 0.2) is 0 Å². The second-order valence-corrected chi connectivity index (χ2v) is 10.1. The first kappa shape index (κ1) is 12.3. The van der Waals surface area contributed by atoms with E-state index in [0.717, 1.165) is 0 Å². The molecule has 0 aliphatic heterocycles. The Hall–Kier alpha value is -1.13. The molecule has 0 aliphatic carbocycles. The molecule has 0 unspecified atom stereocenters. The van der Waals surface area contributed by atoms with Crippen LogP contribution >= 0.6 is 7.26 Å². The van der Waals surface area contributed by atoms with Gasteiger partial charge in [-0.05, 0) is 0 Å². The van der Waals surface area contributed by atoms with E-state index in [2.05, 4.69) is 74.0 Å². The summed E-state index contributed by atoms with van der Waals surface area (Å²) in [5.41, 5.74) is 1.46. The van der Waals surface area contributed by atoms with E-state index < -0.39 is 7.26 Å². The van der Waals surface area contributed by atoms with Crippen LogP contribution in [0.4, 0.5) is 0 Å². The fourth-order valence-corrected chi connectivity index (χ4v) is 4.43. The van der Waals surface area contributed by atoms with E-state index >= 15 is 0 Å². The van der Waals surface area contributed by atoms with Crippen molar-refractivity contribution in [3.63, 3.8) is 0 Å². The van der Waals surface area contributed by atoms with Crippen LogP contribution in [0.15, 0.2) is 60.7 Å². The van der Waals surface area contributed by atoms with Gasteiger partial charge in [-0.1, -0.05) is 0 Å². The van der Waals surface area contributed by atoms with Crippen molar-refractivity contribution in [3.8, 4) is 0 Å². The number of benzene rings is 2. The van der Waals surface area contributed by atoms with Gasteiger partial charge in [0.25, 0.3) is 0 Å². The second kappa shape index (κ2) is 5.47. The molecule has 0 bridgehead atoms. The molecule has 0 heterocycles. The minimum absolute atomic E-state index is 1.20. The molecular weight excluding hydrogens is 223 g/mol. The molecule has 0 spiro atoms. The molecule has 0 aromatic heterocycles. The second-order valence-electron chi connectivity index (χ2n) is 5.24. The molecule has 0 fully saturated rings. The third kappa shape index (κ3) is 3.41. The number of hydrogen-bond acceptors (Lipinski definition) is 0. The van der Waals surface area contributed by atoms with Crippen molar-refractivity contribution in [2.75, 3.05) is 19.5 Å². The van der Waals surface area contributed by atoms with Crippen molar-refractivity contribution in [2.24, 2.45) is 0 Å². The summed E-state index contributed by atoms with van der Waals surface area (Å²) in [5.74, 6) is 0. The van der Waals surface area contributed by atoms with Crippen molar-refractivity contribution in [1.82, 2.24) is 0 Å². The summed E-state index contributed by atoms with van der Waals surface area (Å²) in [4.78, 5) is 0. The summed E-state index contributed by atoms with van der Waals surface area (Å²) in [5, 5.41) is 1.57. The number of rotatable bonds is 4. The van der Waals surface area contributed by atoms with Crippen molar-refractivity contribution in [2.45, 2.75) is 6.42 Å². The van der Waals surface area contributed by atoms with Gasteiger partial charge in [-0.2, -0.15) is 0 Å². The van der Waals surface area contributed by atoms with Crippen LogP contribution in [0, 0.1) is 0 Å². The summed E-state index contributed by atoms with van der Waals surface area (Å²) in [6.45, 7) is 4.93.